The Hall–Kier alpha value is -0.880. The van der Waals surface area contributed by atoms with Gasteiger partial charge in [0.2, 0.25) is 0 Å². The third-order valence-corrected chi connectivity index (χ3v) is 2.09. The maximum atomic E-state index is 11.1. The monoisotopic (exact) mass is 248 g/mol. The zero-order valence-corrected chi connectivity index (χ0v) is 8.37. The van der Waals surface area contributed by atoms with Crippen molar-refractivity contribution < 1.29 is 5.11 Å². The Labute approximate surface area is 82.2 Å². The number of halogens is 1. The molecule has 0 radical (unpaired) electrons. The van der Waals surface area contributed by atoms with Crippen LogP contribution in [0.4, 0.5) is 0 Å². The van der Waals surface area contributed by atoms with Gasteiger partial charge in [-0.1, -0.05) is 0 Å². The number of hydrogen-bond acceptors (Lipinski definition) is 3. The second-order valence-corrected chi connectivity index (χ2v) is 3.36. The number of H-pyrrole nitrogens is 1. The lowest BCUT2D eigenvalue weighted by molar-refractivity contribution is 0.278. The first-order chi connectivity index (χ1) is 6.15. The van der Waals surface area contributed by atoms with E-state index in [9.17, 15) is 9.59 Å². The lowest BCUT2D eigenvalue weighted by atomic mass is 10.4. The molecule has 0 unspecified atom stereocenters. The molecule has 13 heavy (non-hydrogen) atoms. The molecule has 0 amide bonds. The van der Waals surface area contributed by atoms with Crippen LogP contribution in [0.1, 0.15) is 6.42 Å². The summed E-state index contributed by atoms with van der Waals surface area (Å²) in [4.78, 5) is 24.1. The van der Waals surface area contributed by atoms with Gasteiger partial charge < -0.3 is 5.11 Å². The summed E-state index contributed by atoms with van der Waals surface area (Å²) in [6.07, 6.45) is 1.90. The highest BCUT2D eigenvalue weighted by atomic mass is 79.9. The maximum Gasteiger partial charge on any atom is 0.328 e. The van der Waals surface area contributed by atoms with E-state index in [0.29, 0.717) is 17.4 Å². The standard InChI is InChI=1S/C7H9BrN2O3/c8-5-4-10(2-1-3-11)7(13)9-6(5)12/h4,11H,1-3H2,(H,9,12,13). The number of nitrogens with zero attached hydrogens (tertiary/aromatic N) is 1. The highest BCUT2D eigenvalue weighted by Gasteiger charge is 2.00. The van der Waals surface area contributed by atoms with Crippen LogP contribution >= 0.6 is 15.9 Å². The van der Waals surface area contributed by atoms with Gasteiger partial charge in [0.1, 0.15) is 0 Å². The van der Waals surface area contributed by atoms with E-state index in [0.717, 1.165) is 0 Å². The van der Waals surface area contributed by atoms with Crippen molar-refractivity contribution in [1.82, 2.24) is 9.55 Å². The highest BCUT2D eigenvalue weighted by Crippen LogP contribution is 1.98. The number of nitrogens with one attached hydrogen (secondary N) is 1. The van der Waals surface area contributed by atoms with Crippen LogP contribution in [0.2, 0.25) is 0 Å². The Morgan fingerprint density at radius 3 is 2.85 bits per heavy atom. The second kappa shape index (κ2) is 4.38. The van der Waals surface area contributed by atoms with Crippen LogP contribution in [0.5, 0.6) is 0 Å². The fourth-order valence-corrected chi connectivity index (χ4v) is 1.24. The molecular weight excluding hydrogens is 240 g/mol. The first-order valence-corrected chi connectivity index (χ1v) is 4.54. The summed E-state index contributed by atoms with van der Waals surface area (Å²) >= 11 is 3.01. The Morgan fingerprint density at radius 1 is 1.54 bits per heavy atom. The zero-order valence-electron chi connectivity index (χ0n) is 6.79. The van der Waals surface area contributed by atoms with Crippen LogP contribution in [0.3, 0.4) is 0 Å². The van der Waals surface area contributed by atoms with Crippen LogP contribution < -0.4 is 11.2 Å². The van der Waals surface area contributed by atoms with Crippen molar-refractivity contribution >= 4 is 15.9 Å². The molecule has 1 heterocycles. The largest absolute Gasteiger partial charge is 0.396 e. The number of rotatable bonds is 3. The summed E-state index contributed by atoms with van der Waals surface area (Å²) in [5.74, 6) is 0. The third kappa shape index (κ3) is 2.53. The van der Waals surface area contributed by atoms with Crippen molar-refractivity contribution in [2.24, 2.45) is 0 Å². The fourth-order valence-electron chi connectivity index (χ4n) is 0.890. The van der Waals surface area contributed by atoms with Gasteiger partial charge in [-0.05, 0) is 22.4 Å². The van der Waals surface area contributed by atoms with Crippen molar-refractivity contribution in [2.75, 3.05) is 6.61 Å². The molecular formula is C7H9BrN2O3. The second-order valence-electron chi connectivity index (χ2n) is 2.51. The lowest BCUT2D eigenvalue weighted by Crippen LogP contribution is -2.30. The molecule has 0 aliphatic rings. The van der Waals surface area contributed by atoms with E-state index in [1.807, 2.05) is 0 Å². The van der Waals surface area contributed by atoms with Crippen LogP contribution in [-0.4, -0.2) is 21.3 Å². The molecule has 1 aromatic rings. The predicted molar refractivity (Wildman–Crippen MR) is 50.7 cm³/mol. The third-order valence-electron chi connectivity index (χ3n) is 1.52. The molecule has 0 aliphatic carbocycles. The van der Waals surface area contributed by atoms with Crippen LogP contribution in [-0.2, 0) is 6.54 Å². The van der Waals surface area contributed by atoms with Gasteiger partial charge in [0.15, 0.2) is 0 Å². The summed E-state index contributed by atoms with van der Waals surface area (Å²) < 4.78 is 1.65. The van der Waals surface area contributed by atoms with Gasteiger partial charge >= 0.3 is 5.69 Å². The first-order valence-electron chi connectivity index (χ1n) is 3.75. The summed E-state index contributed by atoms with van der Waals surface area (Å²) in [5, 5.41) is 8.54. The fraction of sp³-hybridized carbons (Fsp3) is 0.429. The molecule has 1 aromatic heterocycles. The Kier molecular flexibility index (Phi) is 3.44. The molecule has 6 heteroatoms. The number of aliphatic hydroxyl groups is 1. The quantitative estimate of drug-likeness (QED) is 0.770. The predicted octanol–water partition coefficient (Wildman–Crippen LogP) is -0.318. The number of hydrogen-bond donors (Lipinski definition) is 2. The molecule has 0 fully saturated rings. The van der Waals surface area contributed by atoms with Gasteiger partial charge in [0.05, 0.1) is 4.47 Å². The van der Waals surface area contributed by atoms with Gasteiger partial charge in [-0.15, -0.1) is 0 Å². The maximum absolute atomic E-state index is 11.1. The molecule has 72 valence electrons. The van der Waals surface area contributed by atoms with E-state index in [2.05, 4.69) is 20.9 Å². The zero-order chi connectivity index (χ0) is 9.84. The Morgan fingerprint density at radius 2 is 2.23 bits per heavy atom. The molecule has 5 nitrogen and oxygen atoms in total. The molecule has 0 aromatic carbocycles. The van der Waals surface area contributed by atoms with E-state index in [-0.39, 0.29) is 6.61 Å². The van der Waals surface area contributed by atoms with Crippen molar-refractivity contribution in [2.45, 2.75) is 13.0 Å². The van der Waals surface area contributed by atoms with Crippen molar-refractivity contribution in [1.29, 1.82) is 0 Å². The average Bonchev–Trinajstić information content (AvgIpc) is 2.09. The van der Waals surface area contributed by atoms with E-state index < -0.39 is 11.2 Å². The minimum Gasteiger partial charge on any atom is -0.396 e. The SMILES string of the molecule is O=c1[nH]c(=O)n(CCCO)cc1Br. The molecule has 0 spiro atoms. The van der Waals surface area contributed by atoms with Crippen LogP contribution in [0.25, 0.3) is 0 Å². The summed E-state index contributed by atoms with van der Waals surface area (Å²) in [7, 11) is 0. The van der Waals surface area contributed by atoms with Gasteiger partial charge in [-0.2, -0.15) is 0 Å². The molecule has 0 saturated heterocycles. The first kappa shape index (κ1) is 10.2. The number of aryl methyl sites for hydroxylation is 1. The average molecular weight is 249 g/mol. The number of aromatic amines is 1. The smallest absolute Gasteiger partial charge is 0.328 e. The van der Waals surface area contributed by atoms with E-state index >= 15 is 0 Å². The minimum absolute atomic E-state index is 0.0170. The molecule has 0 atom stereocenters. The van der Waals surface area contributed by atoms with Crippen molar-refractivity contribution in [3.63, 3.8) is 0 Å². The molecule has 0 aliphatic heterocycles. The van der Waals surface area contributed by atoms with E-state index in [4.69, 9.17) is 5.11 Å². The highest BCUT2D eigenvalue weighted by molar-refractivity contribution is 9.10. The van der Waals surface area contributed by atoms with Crippen molar-refractivity contribution in [3.05, 3.63) is 31.5 Å². The molecule has 1 rings (SSSR count). The number of aromatic nitrogens is 2. The van der Waals surface area contributed by atoms with Crippen molar-refractivity contribution in [3.8, 4) is 0 Å². The summed E-state index contributed by atoms with van der Waals surface area (Å²) in [6.45, 7) is 0.411. The van der Waals surface area contributed by atoms with Gasteiger partial charge in [-0.25, -0.2) is 4.79 Å². The molecule has 0 bridgehead atoms. The topological polar surface area (TPSA) is 75.1 Å². The Balaban J connectivity index is 3.02. The normalized spacial score (nSPS) is 10.3. The van der Waals surface area contributed by atoms with Gasteiger partial charge in [0, 0.05) is 19.3 Å². The Bertz CT molecular complexity index is 395. The van der Waals surface area contributed by atoms with Crippen LogP contribution in [0, 0.1) is 0 Å². The van der Waals surface area contributed by atoms with Crippen LogP contribution in [0.15, 0.2) is 20.3 Å². The van der Waals surface area contributed by atoms with Gasteiger partial charge in [0.25, 0.3) is 5.56 Å². The van der Waals surface area contributed by atoms with E-state index in [1.54, 1.807) is 0 Å². The minimum atomic E-state index is -0.457. The van der Waals surface area contributed by atoms with E-state index in [1.165, 1.54) is 10.8 Å². The molecule has 0 saturated carbocycles. The molecule has 2 N–H and O–H groups in total. The number of aliphatic hydroxyl groups excluding tert-OH is 1. The summed E-state index contributed by atoms with van der Waals surface area (Å²) in [5.41, 5.74) is -0.896. The lowest BCUT2D eigenvalue weighted by Gasteiger charge is -2.02. The van der Waals surface area contributed by atoms with Gasteiger partial charge in [-0.3, -0.25) is 14.3 Å². The summed E-state index contributed by atoms with van der Waals surface area (Å²) in [6, 6.07) is 0.